The fourth-order valence-corrected chi connectivity index (χ4v) is 4.28. The zero-order valence-electron chi connectivity index (χ0n) is 15.9. The molecule has 0 radical (unpaired) electrons. The van der Waals surface area contributed by atoms with Gasteiger partial charge in [-0.05, 0) is 42.0 Å². The number of amides is 2. The van der Waals surface area contributed by atoms with Crippen molar-refractivity contribution >= 4 is 29.3 Å². The molecule has 0 aliphatic carbocycles. The highest BCUT2D eigenvalue weighted by Crippen LogP contribution is 2.45. The highest BCUT2D eigenvalue weighted by molar-refractivity contribution is 7.98. The molecule has 4 nitrogen and oxygen atoms in total. The summed E-state index contributed by atoms with van der Waals surface area (Å²) in [4.78, 5) is 27.8. The number of hydrogen-bond acceptors (Lipinski definition) is 3. The van der Waals surface area contributed by atoms with Crippen molar-refractivity contribution in [3.8, 4) is 0 Å². The summed E-state index contributed by atoms with van der Waals surface area (Å²) in [5.74, 6) is 0.942. The molecule has 0 saturated heterocycles. The minimum atomic E-state index is -0.851. The van der Waals surface area contributed by atoms with Gasteiger partial charge < -0.3 is 10.2 Å². The van der Waals surface area contributed by atoms with E-state index in [0.29, 0.717) is 13.0 Å². The summed E-state index contributed by atoms with van der Waals surface area (Å²) in [5, 5.41) is 3.00. The largest absolute Gasteiger partial charge is 0.356 e. The third-order valence-corrected chi connectivity index (χ3v) is 5.85. The van der Waals surface area contributed by atoms with Gasteiger partial charge in [0.25, 0.3) is 0 Å². The third-order valence-electron chi connectivity index (χ3n) is 5.15. The van der Waals surface area contributed by atoms with Crippen molar-refractivity contribution in [2.45, 2.75) is 24.7 Å². The zero-order valence-corrected chi connectivity index (χ0v) is 16.7. The van der Waals surface area contributed by atoms with E-state index in [1.165, 1.54) is 0 Å². The molecule has 1 atom stereocenters. The second-order valence-corrected chi connectivity index (χ2v) is 7.98. The molecule has 5 heteroatoms. The maximum Gasteiger partial charge on any atom is 0.238 e. The van der Waals surface area contributed by atoms with Crippen LogP contribution in [0.15, 0.2) is 54.6 Å². The lowest BCUT2D eigenvalue weighted by Crippen LogP contribution is -2.44. The summed E-state index contributed by atoms with van der Waals surface area (Å²) in [6.07, 6.45) is 3.68. The number of fused-ring (bicyclic) bond motifs is 1. The molecular formula is C22H26N2O2S. The lowest BCUT2D eigenvalue weighted by Gasteiger charge is -2.28. The van der Waals surface area contributed by atoms with Gasteiger partial charge in [0.05, 0.1) is 5.41 Å². The molecule has 0 spiro atoms. The number of carbonyl (C=O) groups excluding carboxylic acids is 2. The molecule has 1 aliphatic rings. The Hall–Kier alpha value is -2.27. The van der Waals surface area contributed by atoms with Crippen LogP contribution in [0.4, 0.5) is 5.69 Å². The van der Waals surface area contributed by atoms with Gasteiger partial charge >= 0.3 is 0 Å². The number of likely N-dealkylation sites (N-methyl/N-ethyl adjacent to an activating group) is 1. The van der Waals surface area contributed by atoms with Crippen molar-refractivity contribution in [3.05, 3.63) is 65.7 Å². The molecule has 0 bridgehead atoms. The topological polar surface area (TPSA) is 49.4 Å². The van der Waals surface area contributed by atoms with Gasteiger partial charge in [0.1, 0.15) is 0 Å². The number of para-hydroxylation sites is 1. The third kappa shape index (κ3) is 4.03. The molecule has 0 aromatic heterocycles. The van der Waals surface area contributed by atoms with E-state index in [0.717, 1.165) is 29.0 Å². The predicted molar refractivity (Wildman–Crippen MR) is 112 cm³/mol. The van der Waals surface area contributed by atoms with Crippen LogP contribution < -0.4 is 10.2 Å². The molecule has 2 aromatic rings. The summed E-state index contributed by atoms with van der Waals surface area (Å²) in [7, 11) is 1.80. The van der Waals surface area contributed by atoms with Crippen LogP contribution >= 0.6 is 11.8 Å². The van der Waals surface area contributed by atoms with Crippen LogP contribution in [0.2, 0.25) is 0 Å². The summed E-state index contributed by atoms with van der Waals surface area (Å²) < 4.78 is 0. The van der Waals surface area contributed by atoms with Crippen LogP contribution in [0, 0.1) is 0 Å². The molecule has 1 unspecified atom stereocenters. The van der Waals surface area contributed by atoms with Gasteiger partial charge in [-0.25, -0.2) is 0 Å². The minimum absolute atomic E-state index is 0.00758. The first-order valence-corrected chi connectivity index (χ1v) is 10.6. The Morgan fingerprint density at radius 1 is 1.11 bits per heavy atom. The monoisotopic (exact) mass is 382 g/mol. The molecule has 2 amide bonds. The first kappa shape index (κ1) is 19.5. The maximum atomic E-state index is 13.3. The molecule has 0 saturated carbocycles. The number of nitrogens with one attached hydrogen (secondary N) is 1. The summed E-state index contributed by atoms with van der Waals surface area (Å²) in [6.45, 7) is 0.646. The number of hydrogen-bond donors (Lipinski definition) is 1. The van der Waals surface area contributed by atoms with Gasteiger partial charge in [-0.3, -0.25) is 9.59 Å². The lowest BCUT2D eigenvalue weighted by molar-refractivity contribution is -0.129. The van der Waals surface area contributed by atoms with E-state index in [1.54, 1.807) is 23.7 Å². The standard InChI is InChI=1S/C22H26N2O2S/c1-24-19-12-7-6-11-18(19)22(21(24)26,15-17-9-4-3-5-10-17)16-20(25)23-13-8-14-27-2/h3-7,9-12H,8,13-16H2,1-2H3,(H,23,25). The highest BCUT2D eigenvalue weighted by Gasteiger charge is 2.50. The molecule has 142 valence electrons. The number of carbonyl (C=O) groups is 2. The molecule has 1 aliphatic heterocycles. The van der Waals surface area contributed by atoms with E-state index >= 15 is 0 Å². The molecule has 27 heavy (non-hydrogen) atoms. The summed E-state index contributed by atoms with van der Waals surface area (Å²) >= 11 is 1.77. The van der Waals surface area contributed by atoms with Crippen LogP contribution in [-0.4, -0.2) is 37.4 Å². The van der Waals surface area contributed by atoms with E-state index in [2.05, 4.69) is 11.6 Å². The van der Waals surface area contributed by atoms with E-state index in [1.807, 2.05) is 54.6 Å². The lowest BCUT2D eigenvalue weighted by atomic mass is 9.73. The second-order valence-electron chi connectivity index (χ2n) is 7.00. The number of anilines is 1. The highest BCUT2D eigenvalue weighted by atomic mass is 32.2. The number of thioether (sulfide) groups is 1. The van der Waals surface area contributed by atoms with Crippen molar-refractivity contribution in [1.29, 1.82) is 0 Å². The Balaban J connectivity index is 1.91. The van der Waals surface area contributed by atoms with Gasteiger partial charge in [0.15, 0.2) is 0 Å². The Labute approximate surface area is 165 Å². The Kier molecular flexibility index (Phi) is 6.22. The van der Waals surface area contributed by atoms with E-state index in [-0.39, 0.29) is 18.2 Å². The van der Waals surface area contributed by atoms with E-state index < -0.39 is 5.41 Å². The summed E-state index contributed by atoms with van der Waals surface area (Å²) in [6, 6.07) is 17.8. The molecule has 1 N–H and O–H groups in total. The van der Waals surface area contributed by atoms with Crippen molar-refractivity contribution in [2.24, 2.45) is 0 Å². The quantitative estimate of drug-likeness (QED) is 0.712. The van der Waals surface area contributed by atoms with Crippen molar-refractivity contribution in [3.63, 3.8) is 0 Å². The van der Waals surface area contributed by atoms with E-state index in [4.69, 9.17) is 0 Å². The number of nitrogens with zero attached hydrogens (tertiary/aromatic N) is 1. The first-order chi connectivity index (χ1) is 13.1. The van der Waals surface area contributed by atoms with Crippen LogP contribution in [-0.2, 0) is 21.4 Å². The van der Waals surface area contributed by atoms with Crippen LogP contribution in [0.1, 0.15) is 24.0 Å². The molecule has 1 heterocycles. The normalized spacial score (nSPS) is 18.4. The van der Waals surface area contributed by atoms with E-state index in [9.17, 15) is 9.59 Å². The Bertz CT molecular complexity index is 809. The van der Waals surface area contributed by atoms with Gasteiger partial charge in [0.2, 0.25) is 11.8 Å². The average Bonchev–Trinajstić information content (AvgIpc) is 2.89. The molecule has 0 fully saturated rings. The smallest absolute Gasteiger partial charge is 0.238 e. The fraction of sp³-hybridized carbons (Fsp3) is 0.364. The minimum Gasteiger partial charge on any atom is -0.356 e. The van der Waals surface area contributed by atoms with Crippen molar-refractivity contribution in [2.75, 3.05) is 30.5 Å². The summed E-state index contributed by atoms with van der Waals surface area (Å²) in [5.41, 5.74) is 2.05. The molecule has 3 rings (SSSR count). The Morgan fingerprint density at radius 3 is 2.56 bits per heavy atom. The van der Waals surface area contributed by atoms with Gasteiger partial charge in [-0.2, -0.15) is 11.8 Å². The number of benzene rings is 2. The molecular weight excluding hydrogens is 356 g/mol. The van der Waals surface area contributed by atoms with Gasteiger partial charge in [-0.15, -0.1) is 0 Å². The zero-order chi connectivity index (χ0) is 19.3. The second kappa shape index (κ2) is 8.61. The van der Waals surface area contributed by atoms with Crippen molar-refractivity contribution < 1.29 is 9.59 Å². The SMILES string of the molecule is CSCCCNC(=O)CC1(Cc2ccccc2)C(=O)N(C)c2ccccc21. The first-order valence-electron chi connectivity index (χ1n) is 9.26. The van der Waals surface area contributed by atoms with Gasteiger partial charge in [0, 0.05) is 25.7 Å². The average molecular weight is 383 g/mol. The fourth-order valence-electron chi connectivity index (χ4n) is 3.85. The maximum absolute atomic E-state index is 13.3. The Morgan fingerprint density at radius 2 is 1.81 bits per heavy atom. The van der Waals surface area contributed by atoms with Crippen LogP contribution in [0.3, 0.4) is 0 Å². The predicted octanol–water partition coefficient (Wildman–Crippen LogP) is 3.40. The number of rotatable bonds is 8. The van der Waals surface area contributed by atoms with Crippen LogP contribution in [0.5, 0.6) is 0 Å². The van der Waals surface area contributed by atoms with Crippen molar-refractivity contribution in [1.82, 2.24) is 5.32 Å². The van der Waals surface area contributed by atoms with Gasteiger partial charge in [-0.1, -0.05) is 48.5 Å². The molecule has 2 aromatic carbocycles. The van der Waals surface area contributed by atoms with Crippen LogP contribution in [0.25, 0.3) is 0 Å².